The predicted octanol–water partition coefficient (Wildman–Crippen LogP) is 1.13. The third-order valence-electron chi connectivity index (χ3n) is 2.11. The van der Waals surface area contributed by atoms with Crippen molar-refractivity contribution in [1.82, 2.24) is 9.88 Å². The van der Waals surface area contributed by atoms with Crippen LogP contribution in [0.15, 0.2) is 23.2 Å². The van der Waals surface area contributed by atoms with Crippen molar-refractivity contribution in [3.63, 3.8) is 0 Å². The lowest BCUT2D eigenvalue weighted by Crippen LogP contribution is -2.29. The minimum Gasteiger partial charge on any atom is -0.384 e. The fraction of sp³-hybridized carbons (Fsp3) is 0.364. The number of carbonyl (C=O) groups excluding carboxylic acids is 1. The van der Waals surface area contributed by atoms with Crippen molar-refractivity contribution in [2.45, 2.75) is 11.3 Å². The van der Waals surface area contributed by atoms with Crippen LogP contribution in [0.3, 0.4) is 0 Å². The summed E-state index contributed by atoms with van der Waals surface area (Å²) in [5.41, 5.74) is 5.46. The number of nitrogens with two attached hydrogens (primary N) is 1. The lowest BCUT2D eigenvalue weighted by atomic mass is 10.4. The summed E-state index contributed by atoms with van der Waals surface area (Å²) in [4.78, 5) is 18.0. The number of rotatable bonds is 5. The molecule has 0 saturated carbocycles. The van der Waals surface area contributed by atoms with Crippen LogP contribution in [0.25, 0.3) is 0 Å². The van der Waals surface area contributed by atoms with E-state index in [1.54, 1.807) is 24.2 Å². The first-order valence-corrected chi connectivity index (χ1v) is 6.07. The van der Waals surface area contributed by atoms with Crippen LogP contribution in [-0.2, 0) is 4.79 Å². The SMILES string of the molecule is CN(CCC#N)C(=O)CSc1ccc(N)nc1. The standard InChI is InChI=1S/C11H14N4OS/c1-15(6-2-5-12)11(16)8-17-9-3-4-10(13)14-7-9/h3-4,7H,2,6,8H2,1H3,(H2,13,14). The molecule has 1 aromatic heterocycles. The van der Waals surface area contributed by atoms with Crippen LogP contribution in [0.4, 0.5) is 5.82 Å². The number of hydrogen-bond acceptors (Lipinski definition) is 5. The van der Waals surface area contributed by atoms with Gasteiger partial charge in [-0.05, 0) is 12.1 Å². The average Bonchev–Trinajstić information content (AvgIpc) is 2.34. The average molecular weight is 250 g/mol. The summed E-state index contributed by atoms with van der Waals surface area (Å²) in [6, 6.07) is 5.54. The van der Waals surface area contributed by atoms with Gasteiger partial charge in [0.05, 0.1) is 18.2 Å². The Bertz CT molecular complexity index is 412. The van der Waals surface area contributed by atoms with Crippen LogP contribution in [0.5, 0.6) is 0 Å². The Morgan fingerprint density at radius 1 is 1.65 bits per heavy atom. The normalized spacial score (nSPS) is 9.65. The third-order valence-corrected chi connectivity index (χ3v) is 3.07. The highest BCUT2D eigenvalue weighted by Crippen LogP contribution is 2.17. The van der Waals surface area contributed by atoms with E-state index in [1.807, 2.05) is 12.1 Å². The van der Waals surface area contributed by atoms with E-state index < -0.39 is 0 Å². The highest BCUT2D eigenvalue weighted by atomic mass is 32.2. The van der Waals surface area contributed by atoms with Gasteiger partial charge >= 0.3 is 0 Å². The molecular formula is C11H14N4OS. The molecule has 6 heteroatoms. The molecule has 90 valence electrons. The Kier molecular flexibility index (Phi) is 5.30. The molecule has 17 heavy (non-hydrogen) atoms. The van der Waals surface area contributed by atoms with E-state index in [2.05, 4.69) is 4.98 Å². The van der Waals surface area contributed by atoms with E-state index in [4.69, 9.17) is 11.0 Å². The maximum absolute atomic E-state index is 11.6. The van der Waals surface area contributed by atoms with Crippen molar-refractivity contribution in [2.75, 3.05) is 25.1 Å². The van der Waals surface area contributed by atoms with Gasteiger partial charge in [-0.25, -0.2) is 4.98 Å². The first kappa shape index (κ1) is 13.3. The first-order chi connectivity index (χ1) is 8.13. The van der Waals surface area contributed by atoms with E-state index in [9.17, 15) is 4.79 Å². The summed E-state index contributed by atoms with van der Waals surface area (Å²) in [6.45, 7) is 0.468. The van der Waals surface area contributed by atoms with Crippen molar-refractivity contribution >= 4 is 23.5 Å². The maximum Gasteiger partial charge on any atom is 0.232 e. The van der Waals surface area contributed by atoms with Crippen LogP contribution in [0.1, 0.15) is 6.42 Å². The Hall–Kier alpha value is -1.74. The van der Waals surface area contributed by atoms with Gasteiger partial charge in [0.25, 0.3) is 0 Å². The van der Waals surface area contributed by atoms with E-state index in [0.717, 1.165) is 4.90 Å². The van der Waals surface area contributed by atoms with Gasteiger partial charge in [0.1, 0.15) is 5.82 Å². The molecule has 0 atom stereocenters. The molecule has 1 aromatic rings. The number of hydrogen-bond donors (Lipinski definition) is 1. The second-order valence-corrected chi connectivity index (χ2v) is 4.48. The third kappa shape index (κ3) is 4.74. The number of thioether (sulfide) groups is 1. The maximum atomic E-state index is 11.6. The Morgan fingerprint density at radius 3 is 3.00 bits per heavy atom. The van der Waals surface area contributed by atoms with Crippen molar-refractivity contribution in [2.24, 2.45) is 0 Å². The molecule has 0 aliphatic carbocycles. The van der Waals surface area contributed by atoms with Gasteiger partial charge < -0.3 is 10.6 Å². The van der Waals surface area contributed by atoms with Crippen LogP contribution >= 0.6 is 11.8 Å². The topological polar surface area (TPSA) is 83.0 Å². The molecule has 0 aromatic carbocycles. The second kappa shape index (κ2) is 6.76. The van der Waals surface area contributed by atoms with E-state index in [1.165, 1.54) is 11.8 Å². The molecule has 1 heterocycles. The molecule has 1 rings (SSSR count). The summed E-state index contributed by atoms with van der Waals surface area (Å²) < 4.78 is 0. The summed E-state index contributed by atoms with van der Waals surface area (Å²) in [6.07, 6.45) is 2.00. The lowest BCUT2D eigenvalue weighted by Gasteiger charge is -2.14. The predicted molar refractivity (Wildman–Crippen MR) is 67.2 cm³/mol. The Morgan fingerprint density at radius 2 is 2.41 bits per heavy atom. The molecule has 0 spiro atoms. The van der Waals surface area contributed by atoms with Crippen molar-refractivity contribution in [3.05, 3.63) is 18.3 Å². The van der Waals surface area contributed by atoms with Gasteiger partial charge in [-0.2, -0.15) is 5.26 Å². The molecule has 2 N–H and O–H groups in total. The molecule has 0 aliphatic rings. The minimum absolute atomic E-state index is 0.00192. The smallest absolute Gasteiger partial charge is 0.232 e. The molecule has 0 unspecified atom stereocenters. The number of anilines is 1. The van der Waals surface area contributed by atoms with Gasteiger partial charge in [0.2, 0.25) is 5.91 Å². The number of carbonyl (C=O) groups is 1. The molecule has 5 nitrogen and oxygen atoms in total. The van der Waals surface area contributed by atoms with Crippen LogP contribution in [-0.4, -0.2) is 35.1 Å². The van der Waals surface area contributed by atoms with E-state index in [-0.39, 0.29) is 5.91 Å². The van der Waals surface area contributed by atoms with Crippen molar-refractivity contribution in [3.8, 4) is 6.07 Å². The molecule has 0 bridgehead atoms. The first-order valence-electron chi connectivity index (χ1n) is 5.08. The Balaban J connectivity index is 2.37. The monoisotopic (exact) mass is 250 g/mol. The summed E-state index contributed by atoms with van der Waals surface area (Å²) >= 11 is 1.41. The van der Waals surface area contributed by atoms with Gasteiger partial charge in [0, 0.05) is 24.7 Å². The van der Waals surface area contributed by atoms with E-state index >= 15 is 0 Å². The minimum atomic E-state index is 0.00192. The molecule has 0 fully saturated rings. The largest absolute Gasteiger partial charge is 0.384 e. The molecule has 0 saturated heterocycles. The summed E-state index contributed by atoms with van der Waals surface area (Å²) in [7, 11) is 1.70. The van der Waals surface area contributed by atoms with Crippen molar-refractivity contribution in [1.29, 1.82) is 5.26 Å². The zero-order valence-electron chi connectivity index (χ0n) is 9.59. The highest BCUT2D eigenvalue weighted by molar-refractivity contribution is 8.00. The number of nitriles is 1. The quantitative estimate of drug-likeness (QED) is 0.792. The number of aromatic nitrogens is 1. The zero-order valence-corrected chi connectivity index (χ0v) is 10.4. The molecule has 1 amide bonds. The molecule has 0 radical (unpaired) electrons. The van der Waals surface area contributed by atoms with Gasteiger partial charge in [-0.3, -0.25) is 4.79 Å². The van der Waals surface area contributed by atoms with Crippen LogP contribution in [0, 0.1) is 11.3 Å². The number of amides is 1. The highest BCUT2D eigenvalue weighted by Gasteiger charge is 2.08. The molecule has 0 aliphatic heterocycles. The molecular weight excluding hydrogens is 236 g/mol. The lowest BCUT2D eigenvalue weighted by molar-refractivity contribution is -0.127. The zero-order chi connectivity index (χ0) is 12.7. The Labute approximate surface area is 105 Å². The van der Waals surface area contributed by atoms with Gasteiger partial charge in [0.15, 0.2) is 0 Å². The summed E-state index contributed by atoms with van der Waals surface area (Å²) in [5, 5.41) is 8.42. The number of nitrogen functional groups attached to an aromatic ring is 1. The van der Waals surface area contributed by atoms with Crippen LogP contribution in [0.2, 0.25) is 0 Å². The van der Waals surface area contributed by atoms with Gasteiger partial charge in [-0.1, -0.05) is 0 Å². The fourth-order valence-corrected chi connectivity index (χ4v) is 1.88. The fourth-order valence-electron chi connectivity index (χ4n) is 1.07. The van der Waals surface area contributed by atoms with Gasteiger partial charge in [-0.15, -0.1) is 11.8 Å². The number of pyridine rings is 1. The van der Waals surface area contributed by atoms with E-state index in [0.29, 0.717) is 24.5 Å². The van der Waals surface area contributed by atoms with Crippen molar-refractivity contribution < 1.29 is 4.79 Å². The second-order valence-electron chi connectivity index (χ2n) is 3.43. The number of nitrogens with zero attached hydrogens (tertiary/aromatic N) is 3. The summed E-state index contributed by atoms with van der Waals surface area (Å²) in [5.74, 6) is 0.807. The van der Waals surface area contributed by atoms with Crippen LogP contribution < -0.4 is 5.73 Å².